The number of esters is 1. The van der Waals surface area contributed by atoms with E-state index in [1.165, 1.54) is 0 Å². The number of carbonyl (C=O) groups excluding carboxylic acids is 2. The SMILES string of the molecule is C=CC(=O)OCCNC(=O)Oc1c(C)cc(OCC2CO2)c2ccccc12. The quantitative estimate of drug-likeness (QED) is 0.332. The minimum absolute atomic E-state index is 0.0374. The average molecular weight is 371 g/mol. The molecule has 0 aliphatic carbocycles. The van der Waals surface area contributed by atoms with Crippen LogP contribution in [0.25, 0.3) is 10.8 Å². The summed E-state index contributed by atoms with van der Waals surface area (Å²) in [5.41, 5.74) is 0.772. The molecule has 1 aliphatic heterocycles. The zero-order valence-corrected chi connectivity index (χ0v) is 15.0. The van der Waals surface area contributed by atoms with E-state index < -0.39 is 12.1 Å². The molecule has 0 spiro atoms. The van der Waals surface area contributed by atoms with Crippen LogP contribution < -0.4 is 14.8 Å². The Hall–Kier alpha value is -3.06. The Kier molecular flexibility index (Phi) is 5.93. The monoisotopic (exact) mass is 371 g/mol. The largest absolute Gasteiger partial charge is 0.490 e. The van der Waals surface area contributed by atoms with Gasteiger partial charge in [0.25, 0.3) is 0 Å². The van der Waals surface area contributed by atoms with Crippen molar-refractivity contribution >= 4 is 22.8 Å². The van der Waals surface area contributed by atoms with Crippen LogP contribution in [0.5, 0.6) is 11.5 Å². The van der Waals surface area contributed by atoms with Gasteiger partial charge in [0.2, 0.25) is 0 Å². The van der Waals surface area contributed by atoms with E-state index in [0.29, 0.717) is 12.4 Å². The van der Waals surface area contributed by atoms with Gasteiger partial charge in [-0.05, 0) is 18.6 Å². The van der Waals surface area contributed by atoms with Gasteiger partial charge in [0.1, 0.15) is 30.8 Å². The highest BCUT2D eigenvalue weighted by atomic mass is 16.6. The lowest BCUT2D eigenvalue weighted by atomic mass is 10.0. The van der Waals surface area contributed by atoms with E-state index in [2.05, 4.69) is 11.9 Å². The van der Waals surface area contributed by atoms with E-state index >= 15 is 0 Å². The number of benzene rings is 2. The summed E-state index contributed by atoms with van der Waals surface area (Å²) in [6.45, 7) is 6.54. The summed E-state index contributed by atoms with van der Waals surface area (Å²) in [5, 5.41) is 4.17. The second-order valence-electron chi connectivity index (χ2n) is 6.02. The Bertz CT molecular complexity index is 859. The van der Waals surface area contributed by atoms with Crippen molar-refractivity contribution in [3.63, 3.8) is 0 Å². The van der Waals surface area contributed by atoms with Crippen LogP contribution in [0.1, 0.15) is 5.56 Å². The molecule has 3 rings (SSSR count). The first-order valence-electron chi connectivity index (χ1n) is 8.60. The molecule has 1 aliphatic rings. The van der Waals surface area contributed by atoms with Crippen molar-refractivity contribution < 1.29 is 28.5 Å². The summed E-state index contributed by atoms with van der Waals surface area (Å²) in [6, 6.07) is 9.40. The molecule has 0 saturated carbocycles. The second-order valence-corrected chi connectivity index (χ2v) is 6.02. The third-order valence-electron chi connectivity index (χ3n) is 3.95. The predicted octanol–water partition coefficient (Wildman–Crippen LogP) is 2.74. The number of aryl methyl sites for hydroxylation is 1. The lowest BCUT2D eigenvalue weighted by Gasteiger charge is -2.15. The molecule has 27 heavy (non-hydrogen) atoms. The van der Waals surface area contributed by atoms with Crippen LogP contribution in [0.4, 0.5) is 4.79 Å². The van der Waals surface area contributed by atoms with Crippen molar-refractivity contribution in [2.45, 2.75) is 13.0 Å². The fourth-order valence-electron chi connectivity index (χ4n) is 2.54. The third kappa shape index (κ3) is 4.98. The van der Waals surface area contributed by atoms with Gasteiger partial charge >= 0.3 is 12.1 Å². The highest BCUT2D eigenvalue weighted by Crippen LogP contribution is 2.36. The Balaban J connectivity index is 1.69. The number of amides is 1. The molecule has 1 atom stereocenters. The highest BCUT2D eigenvalue weighted by Gasteiger charge is 2.24. The van der Waals surface area contributed by atoms with Gasteiger partial charge in [0.15, 0.2) is 0 Å². The summed E-state index contributed by atoms with van der Waals surface area (Å²) < 4.78 is 21.3. The maximum absolute atomic E-state index is 12.1. The molecule has 1 saturated heterocycles. The average Bonchev–Trinajstić information content (AvgIpc) is 3.50. The molecule has 2 aromatic carbocycles. The lowest BCUT2D eigenvalue weighted by molar-refractivity contribution is -0.137. The topological polar surface area (TPSA) is 86.4 Å². The Morgan fingerprint density at radius 1 is 1.33 bits per heavy atom. The number of carbonyl (C=O) groups is 2. The van der Waals surface area contributed by atoms with E-state index in [-0.39, 0.29) is 19.3 Å². The van der Waals surface area contributed by atoms with Crippen LogP contribution in [-0.4, -0.2) is 44.5 Å². The molecule has 7 heteroatoms. The van der Waals surface area contributed by atoms with Crippen molar-refractivity contribution in [3.05, 3.63) is 48.6 Å². The number of rotatable bonds is 8. The molecule has 7 nitrogen and oxygen atoms in total. The van der Waals surface area contributed by atoms with E-state index in [1.54, 1.807) is 0 Å². The van der Waals surface area contributed by atoms with Gasteiger partial charge < -0.3 is 24.3 Å². The summed E-state index contributed by atoms with van der Waals surface area (Å²) >= 11 is 0. The minimum atomic E-state index is -0.627. The maximum atomic E-state index is 12.1. The Morgan fingerprint density at radius 2 is 2.07 bits per heavy atom. The summed E-state index contributed by atoms with van der Waals surface area (Å²) in [6.07, 6.45) is 0.589. The molecule has 0 bridgehead atoms. The number of nitrogens with one attached hydrogen (secondary N) is 1. The van der Waals surface area contributed by atoms with Gasteiger partial charge in [-0.3, -0.25) is 0 Å². The molecule has 0 aromatic heterocycles. The molecule has 1 unspecified atom stereocenters. The molecule has 1 heterocycles. The van der Waals surface area contributed by atoms with Gasteiger partial charge in [-0.25, -0.2) is 9.59 Å². The molecular formula is C20H21NO6. The fraction of sp³-hybridized carbons (Fsp3) is 0.300. The normalized spacial score (nSPS) is 15.1. The van der Waals surface area contributed by atoms with Crippen molar-refractivity contribution in [1.29, 1.82) is 0 Å². The highest BCUT2D eigenvalue weighted by molar-refractivity contribution is 5.95. The first-order chi connectivity index (χ1) is 13.1. The van der Waals surface area contributed by atoms with Gasteiger partial charge in [-0.1, -0.05) is 30.8 Å². The lowest BCUT2D eigenvalue weighted by Crippen LogP contribution is -2.30. The molecule has 1 amide bonds. The number of fused-ring (bicyclic) bond motifs is 1. The molecule has 142 valence electrons. The predicted molar refractivity (Wildman–Crippen MR) is 99.1 cm³/mol. The summed E-state index contributed by atoms with van der Waals surface area (Å²) in [7, 11) is 0. The zero-order chi connectivity index (χ0) is 19.2. The zero-order valence-electron chi connectivity index (χ0n) is 15.0. The Labute approximate surface area is 156 Å². The van der Waals surface area contributed by atoms with Crippen LogP contribution in [0.3, 0.4) is 0 Å². The summed E-state index contributed by atoms with van der Waals surface area (Å²) in [5.74, 6) is 0.642. The van der Waals surface area contributed by atoms with Crippen molar-refractivity contribution in [2.75, 3.05) is 26.4 Å². The molecule has 1 N–H and O–H groups in total. The number of ether oxygens (including phenoxy) is 4. The van der Waals surface area contributed by atoms with E-state index in [9.17, 15) is 9.59 Å². The standard InChI is InChI=1S/C20H21NO6/c1-3-18(22)24-9-8-21-20(23)27-19-13(2)10-17(26-12-14-11-25-14)15-6-4-5-7-16(15)19/h3-7,10,14H,1,8-9,11-12H2,2H3,(H,21,23). The van der Waals surface area contributed by atoms with Crippen molar-refractivity contribution in [2.24, 2.45) is 0 Å². The fourth-order valence-corrected chi connectivity index (χ4v) is 2.54. The molecular weight excluding hydrogens is 350 g/mol. The maximum Gasteiger partial charge on any atom is 0.412 e. The van der Waals surface area contributed by atoms with Gasteiger partial charge in [-0.2, -0.15) is 0 Å². The van der Waals surface area contributed by atoms with Crippen molar-refractivity contribution in [3.8, 4) is 11.5 Å². The first-order valence-corrected chi connectivity index (χ1v) is 8.60. The van der Waals surface area contributed by atoms with E-state index in [0.717, 1.165) is 34.8 Å². The van der Waals surface area contributed by atoms with Crippen LogP contribution in [0, 0.1) is 6.92 Å². The minimum Gasteiger partial charge on any atom is -0.490 e. The van der Waals surface area contributed by atoms with Gasteiger partial charge in [0, 0.05) is 16.8 Å². The van der Waals surface area contributed by atoms with Crippen LogP contribution in [0.2, 0.25) is 0 Å². The molecule has 2 aromatic rings. The second kappa shape index (κ2) is 8.55. The van der Waals surface area contributed by atoms with Gasteiger partial charge in [0.05, 0.1) is 13.2 Å². The van der Waals surface area contributed by atoms with Crippen molar-refractivity contribution in [1.82, 2.24) is 5.32 Å². The first kappa shape index (κ1) is 18.7. The van der Waals surface area contributed by atoms with Crippen LogP contribution in [0.15, 0.2) is 43.0 Å². The van der Waals surface area contributed by atoms with Crippen LogP contribution in [-0.2, 0) is 14.3 Å². The molecule has 1 fully saturated rings. The number of epoxide rings is 1. The Morgan fingerprint density at radius 3 is 2.78 bits per heavy atom. The number of hydrogen-bond acceptors (Lipinski definition) is 6. The third-order valence-corrected chi connectivity index (χ3v) is 3.95. The van der Waals surface area contributed by atoms with E-state index in [4.69, 9.17) is 18.9 Å². The van der Waals surface area contributed by atoms with Gasteiger partial charge in [-0.15, -0.1) is 0 Å². The van der Waals surface area contributed by atoms with Crippen LogP contribution >= 0.6 is 0 Å². The molecule has 0 radical (unpaired) electrons. The smallest absolute Gasteiger partial charge is 0.412 e. The summed E-state index contributed by atoms with van der Waals surface area (Å²) in [4.78, 5) is 23.1. The number of hydrogen-bond donors (Lipinski definition) is 1. The van der Waals surface area contributed by atoms with E-state index in [1.807, 2.05) is 37.3 Å².